The smallest absolute Gasteiger partial charge is 0.270 e. The van der Waals surface area contributed by atoms with E-state index in [9.17, 15) is 9.59 Å². The van der Waals surface area contributed by atoms with E-state index < -0.39 is 0 Å². The van der Waals surface area contributed by atoms with Gasteiger partial charge in [-0.1, -0.05) is 0 Å². The summed E-state index contributed by atoms with van der Waals surface area (Å²) >= 11 is 4.05. The summed E-state index contributed by atoms with van der Waals surface area (Å²) in [6, 6.07) is 3.09. The third-order valence-electron chi connectivity index (χ3n) is 2.19. The number of carbonyl (C=O) groups excluding carboxylic acids is 1. The van der Waals surface area contributed by atoms with Gasteiger partial charge in [0, 0.05) is 30.1 Å². The minimum absolute atomic E-state index is 0.000913. The monoisotopic (exact) mass is 210 g/mol. The minimum Gasteiger partial charge on any atom is -0.273 e. The van der Waals surface area contributed by atoms with Gasteiger partial charge in [-0.2, -0.15) is 0 Å². The van der Waals surface area contributed by atoms with Gasteiger partial charge in [-0.05, 0) is 12.5 Å². The lowest BCUT2D eigenvalue weighted by molar-refractivity contribution is -0.118. The molecule has 0 spiro atoms. The van der Waals surface area contributed by atoms with Crippen molar-refractivity contribution in [3.8, 4) is 0 Å². The molecule has 0 radical (unpaired) electrons. The summed E-state index contributed by atoms with van der Waals surface area (Å²) in [7, 11) is 0. The van der Waals surface area contributed by atoms with Gasteiger partial charge >= 0.3 is 0 Å². The summed E-state index contributed by atoms with van der Waals surface area (Å²) in [5.74, 6) is -0.000913. The normalized spacial score (nSPS) is 16.4. The van der Waals surface area contributed by atoms with Crippen molar-refractivity contribution in [1.82, 2.24) is 4.68 Å². The van der Waals surface area contributed by atoms with Crippen LogP contribution in [0.2, 0.25) is 0 Å². The SMILES string of the molecule is O=C1CCCN1n1ccc(S)cc1=O. The zero-order chi connectivity index (χ0) is 10.1. The first-order chi connectivity index (χ1) is 6.68. The van der Waals surface area contributed by atoms with Crippen LogP contribution in [-0.2, 0) is 4.79 Å². The van der Waals surface area contributed by atoms with Crippen LogP contribution in [0.15, 0.2) is 28.0 Å². The number of carbonyl (C=O) groups is 1. The average Bonchev–Trinajstić information content (AvgIpc) is 2.52. The van der Waals surface area contributed by atoms with Crippen molar-refractivity contribution in [2.24, 2.45) is 0 Å². The van der Waals surface area contributed by atoms with E-state index >= 15 is 0 Å². The molecular formula is C9H10N2O2S. The molecule has 4 nitrogen and oxygen atoms in total. The van der Waals surface area contributed by atoms with Crippen molar-refractivity contribution in [2.45, 2.75) is 17.7 Å². The highest BCUT2D eigenvalue weighted by atomic mass is 32.1. The standard InChI is InChI=1S/C9H10N2O2S/c12-8-2-1-4-10(8)11-5-3-7(14)6-9(11)13/h3,5-6,14H,1-2,4H2. The van der Waals surface area contributed by atoms with E-state index in [0.717, 1.165) is 6.42 Å². The number of hydrogen-bond donors (Lipinski definition) is 1. The summed E-state index contributed by atoms with van der Waals surface area (Å²) in [6.07, 6.45) is 2.91. The zero-order valence-electron chi connectivity index (χ0n) is 7.51. The van der Waals surface area contributed by atoms with Gasteiger partial charge in [-0.25, -0.2) is 9.69 Å². The van der Waals surface area contributed by atoms with Crippen molar-refractivity contribution in [2.75, 3.05) is 11.6 Å². The molecule has 0 N–H and O–H groups in total. The molecule has 0 atom stereocenters. The van der Waals surface area contributed by atoms with Crippen LogP contribution in [0.3, 0.4) is 0 Å². The summed E-state index contributed by atoms with van der Waals surface area (Å²) in [6.45, 7) is 0.616. The van der Waals surface area contributed by atoms with E-state index in [1.807, 2.05) is 0 Å². The topological polar surface area (TPSA) is 42.3 Å². The molecule has 1 aromatic rings. The molecular weight excluding hydrogens is 200 g/mol. The Morgan fingerprint density at radius 1 is 1.36 bits per heavy atom. The number of rotatable bonds is 1. The van der Waals surface area contributed by atoms with E-state index in [4.69, 9.17) is 0 Å². The molecule has 1 aliphatic rings. The quantitative estimate of drug-likeness (QED) is 0.682. The second-order valence-electron chi connectivity index (χ2n) is 3.19. The van der Waals surface area contributed by atoms with Crippen LogP contribution in [0.1, 0.15) is 12.8 Å². The van der Waals surface area contributed by atoms with Crippen LogP contribution in [0.25, 0.3) is 0 Å². The first-order valence-electron chi connectivity index (χ1n) is 4.41. The van der Waals surface area contributed by atoms with Gasteiger partial charge in [0.2, 0.25) is 5.91 Å². The van der Waals surface area contributed by atoms with Crippen molar-refractivity contribution in [3.05, 3.63) is 28.7 Å². The Kier molecular flexibility index (Phi) is 2.33. The van der Waals surface area contributed by atoms with Gasteiger partial charge in [0.15, 0.2) is 0 Å². The van der Waals surface area contributed by atoms with Crippen LogP contribution < -0.4 is 10.6 Å². The Morgan fingerprint density at radius 3 is 2.71 bits per heavy atom. The number of amides is 1. The zero-order valence-corrected chi connectivity index (χ0v) is 8.41. The predicted molar refractivity (Wildman–Crippen MR) is 55.3 cm³/mol. The number of aromatic nitrogens is 1. The maximum Gasteiger partial charge on any atom is 0.270 e. The van der Waals surface area contributed by atoms with Crippen LogP contribution in [0.4, 0.5) is 0 Å². The molecule has 0 aliphatic carbocycles. The van der Waals surface area contributed by atoms with Gasteiger partial charge in [-0.15, -0.1) is 12.6 Å². The van der Waals surface area contributed by atoms with Gasteiger partial charge in [0.1, 0.15) is 0 Å². The molecule has 14 heavy (non-hydrogen) atoms. The first-order valence-corrected chi connectivity index (χ1v) is 4.85. The van der Waals surface area contributed by atoms with Crippen molar-refractivity contribution >= 4 is 18.5 Å². The molecule has 0 bridgehead atoms. The Labute approximate surface area is 86.5 Å². The largest absolute Gasteiger partial charge is 0.273 e. The third-order valence-corrected chi connectivity index (χ3v) is 2.47. The first kappa shape index (κ1) is 9.33. The molecule has 0 saturated carbocycles. The van der Waals surface area contributed by atoms with Gasteiger partial charge in [-0.3, -0.25) is 9.59 Å². The summed E-state index contributed by atoms with van der Waals surface area (Å²) in [5, 5.41) is 1.47. The molecule has 2 heterocycles. The minimum atomic E-state index is -0.215. The van der Waals surface area contributed by atoms with Crippen LogP contribution in [0, 0.1) is 0 Å². The Morgan fingerprint density at radius 2 is 2.14 bits per heavy atom. The van der Waals surface area contributed by atoms with Gasteiger partial charge in [0.05, 0.1) is 0 Å². The fourth-order valence-electron chi connectivity index (χ4n) is 1.52. The molecule has 0 unspecified atom stereocenters. The maximum absolute atomic E-state index is 11.5. The van der Waals surface area contributed by atoms with Crippen LogP contribution in [-0.4, -0.2) is 17.1 Å². The Hall–Kier alpha value is -1.23. The molecule has 1 saturated heterocycles. The Bertz CT molecular complexity index is 427. The van der Waals surface area contributed by atoms with Gasteiger partial charge < -0.3 is 0 Å². The second kappa shape index (κ2) is 3.49. The van der Waals surface area contributed by atoms with E-state index in [1.54, 1.807) is 12.3 Å². The highest BCUT2D eigenvalue weighted by Crippen LogP contribution is 2.08. The highest BCUT2D eigenvalue weighted by Gasteiger charge is 2.22. The fourth-order valence-corrected chi connectivity index (χ4v) is 1.70. The number of thiol groups is 1. The molecule has 2 rings (SSSR count). The molecule has 1 aliphatic heterocycles. The maximum atomic E-state index is 11.5. The average molecular weight is 210 g/mol. The summed E-state index contributed by atoms with van der Waals surface area (Å²) in [5.41, 5.74) is -0.215. The van der Waals surface area contributed by atoms with Gasteiger partial charge in [0.25, 0.3) is 5.56 Å². The molecule has 1 fully saturated rings. The van der Waals surface area contributed by atoms with E-state index in [-0.39, 0.29) is 11.5 Å². The van der Waals surface area contributed by atoms with Crippen molar-refractivity contribution < 1.29 is 4.79 Å². The summed E-state index contributed by atoms with van der Waals surface area (Å²) < 4.78 is 1.34. The number of hydrogen-bond acceptors (Lipinski definition) is 3. The molecule has 1 amide bonds. The van der Waals surface area contributed by atoms with E-state index in [1.165, 1.54) is 15.8 Å². The lowest BCUT2D eigenvalue weighted by Crippen LogP contribution is -2.42. The van der Waals surface area contributed by atoms with Crippen LogP contribution >= 0.6 is 12.6 Å². The van der Waals surface area contributed by atoms with E-state index in [0.29, 0.717) is 17.9 Å². The molecule has 0 aromatic carbocycles. The van der Waals surface area contributed by atoms with Crippen molar-refractivity contribution in [3.63, 3.8) is 0 Å². The molecule has 5 heteroatoms. The van der Waals surface area contributed by atoms with Crippen molar-refractivity contribution in [1.29, 1.82) is 0 Å². The summed E-state index contributed by atoms with van der Waals surface area (Å²) in [4.78, 5) is 23.5. The van der Waals surface area contributed by atoms with E-state index in [2.05, 4.69) is 12.6 Å². The second-order valence-corrected chi connectivity index (χ2v) is 3.70. The highest BCUT2D eigenvalue weighted by molar-refractivity contribution is 7.80. The third kappa shape index (κ3) is 1.55. The fraction of sp³-hybridized carbons (Fsp3) is 0.333. The lowest BCUT2D eigenvalue weighted by atomic mass is 10.4. The molecule has 1 aromatic heterocycles. The Balaban J connectivity index is 2.41. The van der Waals surface area contributed by atoms with Crippen LogP contribution in [0.5, 0.6) is 0 Å². The number of nitrogens with zero attached hydrogens (tertiary/aromatic N) is 2. The lowest BCUT2D eigenvalue weighted by Gasteiger charge is -2.17. The molecule has 74 valence electrons. The predicted octanol–water partition coefficient (Wildman–Crippen LogP) is 0.395. The number of pyridine rings is 1.